The van der Waals surface area contributed by atoms with E-state index in [0.717, 1.165) is 24.2 Å². The highest BCUT2D eigenvalue weighted by Gasteiger charge is 2.12. The smallest absolute Gasteiger partial charge is 0.175 e. The predicted molar refractivity (Wildman–Crippen MR) is 95.8 cm³/mol. The number of aromatic nitrogens is 3. The topological polar surface area (TPSA) is 123 Å². The second-order valence-corrected chi connectivity index (χ2v) is 5.44. The van der Waals surface area contributed by atoms with Crippen LogP contribution in [0.2, 0.25) is 0 Å². The molecular weight excluding hydrogens is 332 g/mol. The Morgan fingerprint density at radius 3 is 2.81 bits per heavy atom. The third-order valence-corrected chi connectivity index (χ3v) is 3.54. The van der Waals surface area contributed by atoms with Crippen LogP contribution in [0.15, 0.2) is 47.2 Å². The van der Waals surface area contributed by atoms with Crippen molar-refractivity contribution in [1.82, 2.24) is 15.1 Å². The summed E-state index contributed by atoms with van der Waals surface area (Å²) in [7, 11) is 0. The molecule has 0 aliphatic carbocycles. The van der Waals surface area contributed by atoms with E-state index in [4.69, 9.17) is 20.3 Å². The number of rotatable bonds is 8. The fourth-order valence-electron chi connectivity index (χ4n) is 2.27. The molecule has 8 nitrogen and oxygen atoms in total. The third kappa shape index (κ3) is 4.34. The molecule has 0 saturated carbocycles. The number of nitrogens with zero attached hydrogens (tertiary/aromatic N) is 4. The van der Waals surface area contributed by atoms with E-state index in [-0.39, 0.29) is 5.69 Å². The molecule has 2 aromatic heterocycles. The lowest BCUT2D eigenvalue weighted by Gasteiger charge is -2.09. The first-order chi connectivity index (χ1) is 12.8. The van der Waals surface area contributed by atoms with Crippen LogP contribution >= 0.6 is 0 Å². The molecule has 0 aliphatic heterocycles. The molecule has 0 aliphatic rings. The van der Waals surface area contributed by atoms with Crippen molar-refractivity contribution in [1.29, 1.82) is 5.26 Å². The van der Waals surface area contributed by atoms with Crippen molar-refractivity contribution in [2.75, 3.05) is 18.5 Å². The molecule has 0 atom stereocenters. The van der Waals surface area contributed by atoms with Crippen LogP contribution < -0.4 is 15.8 Å². The molecule has 26 heavy (non-hydrogen) atoms. The number of ether oxygens (including phenoxy) is 1. The number of hydrogen-bond acceptors (Lipinski definition) is 8. The van der Waals surface area contributed by atoms with E-state index in [2.05, 4.69) is 20.4 Å². The summed E-state index contributed by atoms with van der Waals surface area (Å²) in [6.07, 6.45) is 4.66. The van der Waals surface area contributed by atoms with Crippen LogP contribution in [0.1, 0.15) is 18.5 Å². The molecule has 0 saturated heterocycles. The van der Waals surface area contributed by atoms with Crippen molar-refractivity contribution in [3.8, 4) is 23.1 Å². The Morgan fingerprint density at radius 2 is 2.04 bits per heavy atom. The monoisotopic (exact) mass is 350 g/mol. The summed E-state index contributed by atoms with van der Waals surface area (Å²) in [6, 6.07) is 11.3. The van der Waals surface area contributed by atoms with Crippen LogP contribution in [0.4, 0.5) is 11.6 Å². The van der Waals surface area contributed by atoms with E-state index in [0.29, 0.717) is 30.5 Å². The fraction of sp³-hybridized carbons (Fsp3) is 0.222. The number of nitrogens with one attached hydrogen (secondary N) is 1. The van der Waals surface area contributed by atoms with E-state index in [1.807, 2.05) is 30.3 Å². The van der Waals surface area contributed by atoms with Gasteiger partial charge >= 0.3 is 0 Å². The molecule has 0 unspecified atom stereocenters. The van der Waals surface area contributed by atoms with Crippen LogP contribution in [0, 0.1) is 11.3 Å². The molecule has 0 spiro atoms. The van der Waals surface area contributed by atoms with Gasteiger partial charge in [0.1, 0.15) is 17.6 Å². The summed E-state index contributed by atoms with van der Waals surface area (Å²) < 4.78 is 11.3. The number of anilines is 2. The summed E-state index contributed by atoms with van der Waals surface area (Å²) in [5.74, 6) is 2.25. The molecule has 1 aromatic carbocycles. The van der Waals surface area contributed by atoms with Crippen LogP contribution in [-0.2, 0) is 0 Å². The molecule has 0 bridgehead atoms. The maximum Gasteiger partial charge on any atom is 0.175 e. The molecule has 8 heteroatoms. The van der Waals surface area contributed by atoms with Crippen molar-refractivity contribution in [3.63, 3.8) is 0 Å². The van der Waals surface area contributed by atoms with Gasteiger partial charge in [0, 0.05) is 6.07 Å². The van der Waals surface area contributed by atoms with E-state index in [1.54, 1.807) is 6.07 Å². The minimum atomic E-state index is 0.247. The molecule has 0 fully saturated rings. The number of nitrogens with two attached hydrogens (primary N) is 1. The Hall–Kier alpha value is -3.44. The first-order valence-corrected chi connectivity index (χ1v) is 8.18. The summed E-state index contributed by atoms with van der Waals surface area (Å²) in [6.45, 7) is 1.24. The summed E-state index contributed by atoms with van der Waals surface area (Å²) in [5.41, 5.74) is 6.56. The molecule has 3 aromatic rings. The molecule has 0 radical (unpaired) electrons. The Morgan fingerprint density at radius 1 is 1.15 bits per heavy atom. The van der Waals surface area contributed by atoms with Gasteiger partial charge in [-0.3, -0.25) is 0 Å². The SMILES string of the molecule is N#Cc1cnc(Nc2cc(-c3ccccc3OCCCCN)on2)cn1. The maximum absolute atomic E-state index is 8.75. The lowest BCUT2D eigenvalue weighted by atomic mass is 10.1. The van der Waals surface area contributed by atoms with Crippen molar-refractivity contribution in [2.24, 2.45) is 5.73 Å². The Balaban J connectivity index is 1.72. The molecule has 2 heterocycles. The maximum atomic E-state index is 8.75. The lowest BCUT2D eigenvalue weighted by Crippen LogP contribution is -2.03. The van der Waals surface area contributed by atoms with Crippen molar-refractivity contribution in [2.45, 2.75) is 12.8 Å². The van der Waals surface area contributed by atoms with E-state index < -0.39 is 0 Å². The van der Waals surface area contributed by atoms with Gasteiger partial charge in [-0.25, -0.2) is 9.97 Å². The van der Waals surface area contributed by atoms with Crippen LogP contribution in [0.5, 0.6) is 5.75 Å². The van der Waals surface area contributed by atoms with Gasteiger partial charge in [0.25, 0.3) is 0 Å². The largest absolute Gasteiger partial charge is 0.493 e. The number of nitriles is 1. The first kappa shape index (κ1) is 17.4. The summed E-state index contributed by atoms with van der Waals surface area (Å²) in [4.78, 5) is 8.04. The van der Waals surface area contributed by atoms with Gasteiger partial charge in [-0.15, -0.1) is 0 Å². The second kappa shape index (κ2) is 8.60. The van der Waals surface area contributed by atoms with Crippen LogP contribution in [-0.4, -0.2) is 28.3 Å². The number of unbranched alkanes of at least 4 members (excludes halogenated alkanes) is 1. The fourth-order valence-corrected chi connectivity index (χ4v) is 2.27. The highest BCUT2D eigenvalue weighted by molar-refractivity contribution is 5.68. The van der Waals surface area contributed by atoms with E-state index in [1.165, 1.54) is 12.4 Å². The average Bonchev–Trinajstić information content (AvgIpc) is 3.14. The van der Waals surface area contributed by atoms with Gasteiger partial charge in [-0.05, 0) is 31.5 Å². The number of hydrogen-bond donors (Lipinski definition) is 2. The molecule has 0 amide bonds. The summed E-state index contributed by atoms with van der Waals surface area (Å²) in [5, 5.41) is 15.7. The predicted octanol–water partition coefficient (Wildman–Crippen LogP) is 2.86. The van der Waals surface area contributed by atoms with Gasteiger partial charge in [0.05, 0.1) is 24.6 Å². The number of para-hydroxylation sites is 1. The Bertz CT molecular complexity index is 885. The van der Waals surface area contributed by atoms with Crippen molar-refractivity contribution in [3.05, 3.63) is 48.4 Å². The Kier molecular flexibility index (Phi) is 5.75. The normalized spacial score (nSPS) is 10.3. The van der Waals surface area contributed by atoms with Crippen molar-refractivity contribution < 1.29 is 9.26 Å². The zero-order chi connectivity index (χ0) is 18.2. The zero-order valence-corrected chi connectivity index (χ0v) is 14.1. The standard InChI is InChI=1S/C18H18N6O2/c19-7-3-4-8-25-15-6-2-1-5-14(15)16-9-17(24-26-16)23-18-12-21-13(10-20)11-22-18/h1-2,5-6,9,11-12H,3-4,7-8,19H2,(H,22,23,24). The van der Waals surface area contributed by atoms with Crippen LogP contribution in [0.25, 0.3) is 11.3 Å². The zero-order valence-electron chi connectivity index (χ0n) is 14.1. The van der Waals surface area contributed by atoms with Crippen molar-refractivity contribution >= 4 is 11.6 Å². The number of benzene rings is 1. The van der Waals surface area contributed by atoms with Gasteiger partial charge in [-0.1, -0.05) is 17.3 Å². The average molecular weight is 350 g/mol. The minimum Gasteiger partial charge on any atom is -0.493 e. The first-order valence-electron chi connectivity index (χ1n) is 8.18. The van der Waals surface area contributed by atoms with E-state index in [9.17, 15) is 0 Å². The minimum absolute atomic E-state index is 0.247. The highest BCUT2D eigenvalue weighted by atomic mass is 16.5. The van der Waals surface area contributed by atoms with Gasteiger partial charge in [0.2, 0.25) is 0 Å². The molecular formula is C18H18N6O2. The molecule has 3 N–H and O–H groups in total. The molecule has 3 rings (SSSR count). The van der Waals surface area contributed by atoms with Gasteiger partial charge in [-0.2, -0.15) is 5.26 Å². The van der Waals surface area contributed by atoms with Gasteiger partial charge < -0.3 is 20.3 Å². The third-order valence-electron chi connectivity index (χ3n) is 3.54. The molecule has 132 valence electrons. The Labute approximate surface area is 150 Å². The lowest BCUT2D eigenvalue weighted by molar-refractivity contribution is 0.307. The quantitative estimate of drug-likeness (QED) is 0.594. The second-order valence-electron chi connectivity index (χ2n) is 5.44. The summed E-state index contributed by atoms with van der Waals surface area (Å²) >= 11 is 0. The van der Waals surface area contributed by atoms with E-state index >= 15 is 0 Å². The highest BCUT2D eigenvalue weighted by Crippen LogP contribution is 2.31. The van der Waals surface area contributed by atoms with Crippen LogP contribution in [0.3, 0.4) is 0 Å². The van der Waals surface area contributed by atoms with Gasteiger partial charge in [0.15, 0.2) is 17.3 Å².